The summed E-state index contributed by atoms with van der Waals surface area (Å²) in [6, 6.07) is 8.68. The van der Waals surface area contributed by atoms with Crippen LogP contribution in [0.15, 0.2) is 42.5 Å². The van der Waals surface area contributed by atoms with Gasteiger partial charge in [-0.2, -0.15) is 0 Å². The zero-order chi connectivity index (χ0) is 27.6. The number of hydrogen-bond donors (Lipinski definition) is 1. The summed E-state index contributed by atoms with van der Waals surface area (Å²) in [6.45, 7) is 13.3. The largest absolute Gasteiger partial charge is 0.395 e. The highest BCUT2D eigenvalue weighted by atomic mass is 32.1. The second-order valence-electron chi connectivity index (χ2n) is 12.3. The lowest BCUT2D eigenvalue weighted by Gasteiger charge is -2.39. The summed E-state index contributed by atoms with van der Waals surface area (Å²) in [5.41, 5.74) is 5.02. The molecule has 1 N–H and O–H groups in total. The molecule has 1 aromatic heterocycles. The van der Waals surface area contributed by atoms with Crippen LogP contribution in [0, 0.1) is 18.3 Å². The fourth-order valence-electron chi connectivity index (χ4n) is 7.23. The van der Waals surface area contributed by atoms with Crippen molar-refractivity contribution in [2.75, 3.05) is 59.2 Å². The number of rotatable bonds is 9. The van der Waals surface area contributed by atoms with E-state index in [1.54, 1.807) is 0 Å². The van der Waals surface area contributed by atoms with Crippen LogP contribution in [0.1, 0.15) is 59.3 Å². The number of aryl methyl sites for hydroxylation is 1. The molecule has 2 saturated heterocycles. The van der Waals surface area contributed by atoms with Crippen molar-refractivity contribution in [2.24, 2.45) is 11.3 Å². The van der Waals surface area contributed by atoms with Crippen LogP contribution in [0.3, 0.4) is 0 Å². The minimum absolute atomic E-state index is 0.136. The monoisotopic (exact) mass is 563 g/mol. The molecule has 2 fully saturated rings. The van der Waals surface area contributed by atoms with E-state index in [0.29, 0.717) is 12.0 Å². The molecule has 1 aliphatic carbocycles. The first-order chi connectivity index (χ1) is 19.5. The summed E-state index contributed by atoms with van der Waals surface area (Å²) in [4.78, 5) is 11.6. The standard InChI is InChI=1S/C33H45N3O3S/c1-25-7-3-4-8-27(25)28-9-5-11-33(26(28)2,31-34-29-10-16-35(18-19-37)23-30(29)40-31)39-20-6-15-36-17-12-32(24-36)13-21-38-22-14-32/h3-5,7-9,11,26,37H,6,10,12-24H2,1-2H3. The van der Waals surface area contributed by atoms with Crippen molar-refractivity contribution in [2.45, 2.75) is 58.1 Å². The molecule has 0 saturated carbocycles. The Bertz CT molecular complexity index is 1230. The third-order valence-corrected chi connectivity index (χ3v) is 11.0. The number of aliphatic hydroxyl groups excluding tert-OH is 1. The molecule has 1 aromatic carbocycles. The van der Waals surface area contributed by atoms with Gasteiger partial charge in [-0.3, -0.25) is 4.90 Å². The van der Waals surface area contributed by atoms with Crippen molar-refractivity contribution < 1.29 is 14.6 Å². The normalized spacial score (nSPS) is 26.8. The minimum Gasteiger partial charge on any atom is -0.395 e. The lowest BCUT2D eigenvalue weighted by Crippen LogP contribution is -2.38. The van der Waals surface area contributed by atoms with Crippen LogP contribution in [-0.2, 0) is 28.0 Å². The average molecular weight is 564 g/mol. The number of thiazole rings is 1. The summed E-state index contributed by atoms with van der Waals surface area (Å²) in [5, 5.41) is 10.6. The molecule has 4 aliphatic rings. The van der Waals surface area contributed by atoms with Crippen LogP contribution < -0.4 is 0 Å². The van der Waals surface area contributed by atoms with Gasteiger partial charge in [-0.1, -0.05) is 43.3 Å². The van der Waals surface area contributed by atoms with Crippen LogP contribution in [-0.4, -0.2) is 79.0 Å². The number of aliphatic hydroxyl groups is 1. The van der Waals surface area contributed by atoms with Crippen molar-refractivity contribution in [3.63, 3.8) is 0 Å². The molecule has 40 heavy (non-hydrogen) atoms. The predicted molar refractivity (Wildman–Crippen MR) is 161 cm³/mol. The molecule has 6 rings (SSSR count). The first-order valence-corrected chi connectivity index (χ1v) is 16.1. The number of benzene rings is 1. The van der Waals surface area contributed by atoms with Gasteiger partial charge in [-0.05, 0) is 67.3 Å². The molecule has 0 amide bonds. The Balaban J connectivity index is 1.21. The number of β-amino-alcohol motifs (C(OH)–C–C–N with tert-alkyl or cyclic N) is 1. The van der Waals surface area contributed by atoms with Crippen LogP contribution in [0.4, 0.5) is 0 Å². The number of hydrogen-bond acceptors (Lipinski definition) is 7. The highest BCUT2D eigenvalue weighted by Gasteiger charge is 2.44. The Morgan fingerprint density at radius 1 is 1.12 bits per heavy atom. The predicted octanol–water partition coefficient (Wildman–Crippen LogP) is 5.20. The highest BCUT2D eigenvalue weighted by molar-refractivity contribution is 7.12. The van der Waals surface area contributed by atoms with Crippen molar-refractivity contribution in [1.29, 1.82) is 0 Å². The fourth-order valence-corrected chi connectivity index (χ4v) is 8.60. The molecule has 2 aromatic rings. The Hall–Kier alpha value is -1.87. The molecular weight excluding hydrogens is 518 g/mol. The van der Waals surface area contributed by atoms with Crippen LogP contribution >= 0.6 is 11.3 Å². The van der Waals surface area contributed by atoms with Crippen molar-refractivity contribution in [1.82, 2.24) is 14.8 Å². The maximum atomic E-state index is 9.48. The van der Waals surface area contributed by atoms with E-state index in [1.165, 1.54) is 59.6 Å². The van der Waals surface area contributed by atoms with E-state index in [9.17, 15) is 5.11 Å². The summed E-state index contributed by atoms with van der Waals surface area (Å²) in [6.07, 6.45) is 12.4. The minimum atomic E-state index is -0.580. The van der Waals surface area contributed by atoms with E-state index in [-0.39, 0.29) is 12.5 Å². The topological polar surface area (TPSA) is 58.1 Å². The number of ether oxygens (including phenoxy) is 2. The number of fused-ring (bicyclic) bond motifs is 1. The third kappa shape index (κ3) is 5.61. The number of likely N-dealkylation sites (tertiary alicyclic amines) is 1. The van der Waals surface area contributed by atoms with Gasteiger partial charge in [-0.25, -0.2) is 4.98 Å². The molecule has 2 atom stereocenters. The lowest BCUT2D eigenvalue weighted by molar-refractivity contribution is -0.0399. The van der Waals surface area contributed by atoms with Crippen molar-refractivity contribution >= 4 is 16.9 Å². The zero-order valence-corrected chi connectivity index (χ0v) is 25.1. The molecule has 216 valence electrons. The third-order valence-electron chi connectivity index (χ3n) is 9.78. The Morgan fingerprint density at radius 3 is 2.80 bits per heavy atom. The summed E-state index contributed by atoms with van der Waals surface area (Å²) >= 11 is 1.81. The Kier molecular flexibility index (Phi) is 8.59. The molecule has 6 nitrogen and oxygen atoms in total. The van der Waals surface area contributed by atoms with E-state index in [0.717, 1.165) is 57.2 Å². The van der Waals surface area contributed by atoms with Gasteiger partial charge < -0.3 is 19.5 Å². The van der Waals surface area contributed by atoms with Crippen molar-refractivity contribution in [3.05, 3.63) is 69.2 Å². The van der Waals surface area contributed by atoms with E-state index in [2.05, 4.69) is 66.1 Å². The second-order valence-corrected chi connectivity index (χ2v) is 13.4. The summed E-state index contributed by atoms with van der Waals surface area (Å²) in [5.74, 6) is 0.136. The summed E-state index contributed by atoms with van der Waals surface area (Å²) in [7, 11) is 0. The van der Waals surface area contributed by atoms with E-state index in [1.807, 2.05) is 11.3 Å². The molecule has 1 spiro atoms. The quantitative estimate of drug-likeness (QED) is 0.424. The first kappa shape index (κ1) is 28.3. The van der Waals surface area contributed by atoms with Gasteiger partial charge in [0.25, 0.3) is 0 Å². The lowest BCUT2D eigenvalue weighted by atomic mass is 9.76. The van der Waals surface area contributed by atoms with E-state index >= 15 is 0 Å². The van der Waals surface area contributed by atoms with E-state index in [4.69, 9.17) is 14.5 Å². The maximum Gasteiger partial charge on any atom is 0.144 e. The fraction of sp³-hybridized carbons (Fsp3) is 0.606. The highest BCUT2D eigenvalue weighted by Crippen LogP contribution is 2.48. The smallest absolute Gasteiger partial charge is 0.144 e. The SMILES string of the molecule is Cc1ccccc1C1=CC=CC(OCCCN2CCC3(CCOCC3)C2)(c2nc3c(s2)CN(CCO)CC3)C1C. The van der Waals surface area contributed by atoms with Gasteiger partial charge in [-0.15, -0.1) is 11.3 Å². The van der Waals surface area contributed by atoms with Gasteiger partial charge >= 0.3 is 0 Å². The summed E-state index contributed by atoms with van der Waals surface area (Å²) < 4.78 is 12.7. The number of nitrogens with zero attached hydrogens (tertiary/aromatic N) is 3. The molecule has 0 bridgehead atoms. The van der Waals surface area contributed by atoms with Crippen LogP contribution in [0.25, 0.3) is 5.57 Å². The van der Waals surface area contributed by atoms with Crippen molar-refractivity contribution in [3.8, 4) is 0 Å². The van der Waals surface area contributed by atoms with Crippen LogP contribution in [0.2, 0.25) is 0 Å². The number of aromatic nitrogens is 1. The Labute approximate surface area is 243 Å². The Morgan fingerprint density at radius 2 is 1.98 bits per heavy atom. The second kappa shape index (κ2) is 12.2. The van der Waals surface area contributed by atoms with Gasteiger partial charge in [0.2, 0.25) is 0 Å². The molecule has 7 heteroatoms. The molecule has 4 heterocycles. The average Bonchev–Trinajstić information content (AvgIpc) is 3.57. The zero-order valence-electron chi connectivity index (χ0n) is 24.2. The van der Waals surface area contributed by atoms with Gasteiger partial charge in [0.15, 0.2) is 0 Å². The maximum absolute atomic E-state index is 9.48. The molecule has 2 unspecified atom stereocenters. The van der Waals surface area contributed by atoms with Crippen LogP contribution in [0.5, 0.6) is 0 Å². The molecule has 3 aliphatic heterocycles. The van der Waals surface area contributed by atoms with E-state index < -0.39 is 5.60 Å². The molecule has 0 radical (unpaired) electrons. The first-order valence-electron chi connectivity index (χ1n) is 15.2. The van der Waals surface area contributed by atoms with Gasteiger partial charge in [0.05, 0.1) is 12.3 Å². The van der Waals surface area contributed by atoms with Gasteiger partial charge in [0.1, 0.15) is 10.6 Å². The van der Waals surface area contributed by atoms with Gasteiger partial charge in [0, 0.05) is 69.8 Å². The molecular formula is C33H45N3O3S. The number of allylic oxidation sites excluding steroid dienone is 2.